The largest absolute Gasteiger partial charge is 0.474 e. The molecule has 5 nitrogen and oxygen atoms in total. The van der Waals surface area contributed by atoms with Gasteiger partial charge in [0.25, 0.3) is 5.92 Å². The summed E-state index contributed by atoms with van der Waals surface area (Å²) in [6.07, 6.45) is 5.41. The van der Waals surface area contributed by atoms with Crippen molar-refractivity contribution in [1.82, 2.24) is 9.88 Å². The van der Waals surface area contributed by atoms with Crippen LogP contribution in [0, 0.1) is 0 Å². The molecule has 3 rings (SSSR count). The highest BCUT2D eigenvalue weighted by Gasteiger charge is 2.37. The first-order valence-electron chi connectivity index (χ1n) is 6.21. The van der Waals surface area contributed by atoms with Crippen LogP contribution in [0.25, 0.3) is 0 Å². The number of hydrogen-bond acceptors (Lipinski definition) is 4. The number of carbonyl (C=O) groups is 1. The molecule has 2 aliphatic rings. The molecule has 0 aromatic carbocycles. The highest BCUT2D eigenvalue weighted by atomic mass is 19.3. The van der Waals surface area contributed by atoms with Crippen molar-refractivity contribution in [3.8, 4) is 0 Å². The number of pyridine rings is 1. The Morgan fingerprint density at radius 3 is 2.60 bits per heavy atom. The van der Waals surface area contributed by atoms with Crippen LogP contribution in [-0.4, -0.2) is 48.3 Å². The van der Waals surface area contributed by atoms with Gasteiger partial charge in [0, 0.05) is 25.4 Å². The van der Waals surface area contributed by atoms with Crippen LogP contribution in [0.4, 0.5) is 8.78 Å². The molecule has 2 aliphatic heterocycles. The highest BCUT2D eigenvalue weighted by Crippen LogP contribution is 2.25. The summed E-state index contributed by atoms with van der Waals surface area (Å²) in [5.74, 6) is -2.64. The molecule has 1 saturated heterocycles. The molecule has 1 aromatic heterocycles. The summed E-state index contributed by atoms with van der Waals surface area (Å²) in [7, 11) is 0. The smallest absolute Gasteiger partial charge is 0.267 e. The lowest BCUT2D eigenvalue weighted by atomic mass is 10.1. The first-order valence-corrected chi connectivity index (χ1v) is 6.21. The summed E-state index contributed by atoms with van der Waals surface area (Å²) in [4.78, 5) is 18.9. The maximum Gasteiger partial charge on any atom is 0.267 e. The van der Waals surface area contributed by atoms with E-state index in [1.807, 2.05) is 12.1 Å². The summed E-state index contributed by atoms with van der Waals surface area (Å²) < 4.78 is 29.6. The van der Waals surface area contributed by atoms with Crippen LogP contribution in [0.1, 0.15) is 18.1 Å². The number of halogens is 2. The summed E-state index contributed by atoms with van der Waals surface area (Å²) in [5, 5.41) is 0. The number of hydrogen-bond donors (Lipinski definition) is 0. The van der Waals surface area contributed by atoms with Crippen LogP contribution >= 0.6 is 0 Å². The third-order valence-corrected chi connectivity index (χ3v) is 3.00. The van der Waals surface area contributed by atoms with Gasteiger partial charge in [0.1, 0.15) is 6.10 Å². The fraction of sp³-hybridized carbons (Fsp3) is 0.462. The van der Waals surface area contributed by atoms with Crippen molar-refractivity contribution in [3.05, 3.63) is 30.1 Å². The molecule has 0 radical (unpaired) electrons. The molecule has 1 atom stereocenters. The second kappa shape index (κ2) is 6.40. The Morgan fingerprint density at radius 1 is 1.40 bits per heavy atom. The highest BCUT2D eigenvalue weighted by molar-refractivity contribution is 5.49. The van der Waals surface area contributed by atoms with Crippen molar-refractivity contribution < 1.29 is 18.3 Å². The predicted molar refractivity (Wildman–Crippen MR) is 68.6 cm³/mol. The van der Waals surface area contributed by atoms with Crippen molar-refractivity contribution in [2.45, 2.75) is 18.4 Å². The molecular weight excluding hydrogens is 268 g/mol. The molecule has 108 valence electrons. The summed E-state index contributed by atoms with van der Waals surface area (Å²) >= 11 is 0. The van der Waals surface area contributed by atoms with E-state index in [2.05, 4.69) is 9.98 Å². The lowest BCUT2D eigenvalue weighted by Crippen LogP contribution is -2.23. The molecule has 1 aromatic rings. The van der Waals surface area contributed by atoms with Gasteiger partial charge in [0.15, 0.2) is 6.40 Å². The molecule has 3 heterocycles. The van der Waals surface area contributed by atoms with Gasteiger partial charge in [0.05, 0.1) is 13.1 Å². The van der Waals surface area contributed by atoms with Crippen molar-refractivity contribution >= 4 is 12.8 Å². The number of carbonyl (C=O) groups excluding carboxylic acids is 1. The monoisotopic (exact) mass is 283 g/mol. The van der Waals surface area contributed by atoms with Crippen molar-refractivity contribution in [1.29, 1.82) is 0 Å². The molecule has 20 heavy (non-hydrogen) atoms. The topological polar surface area (TPSA) is 54.8 Å². The van der Waals surface area contributed by atoms with Gasteiger partial charge in [-0.15, -0.1) is 0 Å². The molecule has 0 spiro atoms. The van der Waals surface area contributed by atoms with E-state index in [1.165, 1.54) is 6.40 Å². The molecule has 7 heteroatoms. The standard InChI is InChI=1S/C8H8N2O.C5H7F2NO/c1-3-9-4-2-7(1)8-5-10-6-11-8;6-5(7)1-2-8(3-5)4-9/h1-4,6,8H,5H2;4H,1-3H2. The second-order valence-electron chi connectivity index (χ2n) is 4.56. The Labute approximate surface area is 115 Å². The number of aromatic nitrogens is 1. The fourth-order valence-corrected chi connectivity index (χ4v) is 1.91. The van der Waals surface area contributed by atoms with Gasteiger partial charge in [0.2, 0.25) is 6.41 Å². The molecule has 0 bridgehead atoms. The maximum atomic E-state index is 12.2. The number of alkyl halides is 2. The van der Waals surface area contributed by atoms with Crippen LogP contribution in [0.2, 0.25) is 0 Å². The predicted octanol–water partition coefficient (Wildman–Crippen LogP) is 1.67. The normalized spacial score (nSPS) is 22.9. The number of ether oxygens (including phenoxy) is 1. The Hall–Kier alpha value is -2.05. The van der Waals surface area contributed by atoms with Gasteiger partial charge < -0.3 is 9.64 Å². The molecular formula is C13H15F2N3O2. The quantitative estimate of drug-likeness (QED) is 0.776. The van der Waals surface area contributed by atoms with E-state index in [9.17, 15) is 13.6 Å². The van der Waals surface area contributed by atoms with Crippen molar-refractivity contribution in [2.24, 2.45) is 4.99 Å². The maximum absolute atomic E-state index is 12.2. The average molecular weight is 283 g/mol. The third kappa shape index (κ3) is 3.97. The van der Waals surface area contributed by atoms with E-state index in [4.69, 9.17) is 4.74 Å². The number of nitrogens with zero attached hydrogens (tertiary/aromatic N) is 3. The molecule has 0 N–H and O–H groups in total. The lowest BCUT2D eigenvalue weighted by molar-refractivity contribution is -0.118. The Morgan fingerprint density at radius 2 is 2.15 bits per heavy atom. The van der Waals surface area contributed by atoms with E-state index in [1.54, 1.807) is 12.4 Å². The van der Waals surface area contributed by atoms with E-state index < -0.39 is 12.5 Å². The van der Waals surface area contributed by atoms with Gasteiger partial charge >= 0.3 is 0 Å². The molecule has 0 aliphatic carbocycles. The van der Waals surface area contributed by atoms with Crippen LogP contribution < -0.4 is 0 Å². The second-order valence-corrected chi connectivity index (χ2v) is 4.56. The Balaban J connectivity index is 0.000000151. The zero-order valence-corrected chi connectivity index (χ0v) is 10.8. The first-order chi connectivity index (χ1) is 9.61. The minimum atomic E-state index is -2.64. The lowest BCUT2D eigenvalue weighted by Gasteiger charge is -2.07. The number of aliphatic imine (C=N–C) groups is 1. The number of rotatable bonds is 2. The Bertz CT molecular complexity index is 460. The van der Waals surface area contributed by atoms with Crippen LogP contribution in [0.15, 0.2) is 29.5 Å². The van der Waals surface area contributed by atoms with Crippen molar-refractivity contribution in [2.75, 3.05) is 19.6 Å². The third-order valence-electron chi connectivity index (χ3n) is 3.00. The number of likely N-dealkylation sites (tertiary alicyclic amines) is 1. The number of amides is 1. The average Bonchev–Trinajstić information content (AvgIpc) is 3.09. The summed E-state index contributed by atoms with van der Waals surface area (Å²) in [6, 6.07) is 3.89. The van der Waals surface area contributed by atoms with Gasteiger partial charge in [-0.1, -0.05) is 0 Å². The van der Waals surface area contributed by atoms with Crippen LogP contribution in [0.3, 0.4) is 0 Å². The first kappa shape index (κ1) is 14.4. The van der Waals surface area contributed by atoms with Crippen LogP contribution in [-0.2, 0) is 9.53 Å². The minimum absolute atomic E-state index is 0.109. The zero-order chi connectivity index (χ0) is 14.4. The SMILES string of the molecule is C1=NCC(c2ccncc2)O1.O=CN1CCC(F)(F)C1. The molecule has 1 fully saturated rings. The molecule has 1 amide bonds. The van der Waals surface area contributed by atoms with E-state index >= 15 is 0 Å². The summed E-state index contributed by atoms with van der Waals surface area (Å²) in [5.41, 5.74) is 1.14. The molecule has 0 saturated carbocycles. The molecule has 1 unspecified atom stereocenters. The Kier molecular flexibility index (Phi) is 4.60. The van der Waals surface area contributed by atoms with E-state index in [0.717, 1.165) is 17.0 Å². The summed E-state index contributed by atoms with van der Waals surface area (Å²) in [6.45, 7) is 0.511. The van der Waals surface area contributed by atoms with Gasteiger partial charge in [-0.2, -0.15) is 0 Å². The van der Waals surface area contributed by atoms with Gasteiger partial charge in [-0.3, -0.25) is 14.8 Å². The van der Waals surface area contributed by atoms with Crippen LogP contribution in [0.5, 0.6) is 0 Å². The minimum Gasteiger partial charge on any atom is -0.474 e. The van der Waals surface area contributed by atoms with Crippen molar-refractivity contribution in [3.63, 3.8) is 0 Å². The van der Waals surface area contributed by atoms with E-state index in [0.29, 0.717) is 6.41 Å². The fourth-order valence-electron chi connectivity index (χ4n) is 1.91. The zero-order valence-electron chi connectivity index (χ0n) is 10.8. The van der Waals surface area contributed by atoms with Gasteiger partial charge in [-0.05, 0) is 17.7 Å². The van der Waals surface area contributed by atoms with E-state index in [-0.39, 0.29) is 19.1 Å². The van der Waals surface area contributed by atoms with Gasteiger partial charge in [-0.25, -0.2) is 8.78 Å².